The summed E-state index contributed by atoms with van der Waals surface area (Å²) in [6.07, 6.45) is -17.6. The predicted molar refractivity (Wildman–Crippen MR) is 43.1 cm³/mol. The van der Waals surface area contributed by atoms with Crippen LogP contribution < -0.4 is 0 Å². The molecule has 0 heterocycles. The Morgan fingerprint density at radius 2 is 0.684 bits per heavy atom. The van der Waals surface area contributed by atoms with E-state index in [1.807, 2.05) is 0 Å². The lowest BCUT2D eigenvalue weighted by Crippen LogP contribution is -2.43. The zero-order chi connectivity index (χ0) is 15.8. The fourth-order valence-electron chi connectivity index (χ4n) is 0.908. The number of hydrogen-bond acceptors (Lipinski definition) is 3. The van der Waals surface area contributed by atoms with Gasteiger partial charge in [-0.1, -0.05) is 0 Å². The van der Waals surface area contributed by atoms with Gasteiger partial charge in [0.1, 0.15) is 0 Å². The third kappa shape index (κ3) is 4.93. The van der Waals surface area contributed by atoms with Gasteiger partial charge >= 0.3 is 18.5 Å². The molecule has 0 saturated heterocycles. The molecule has 0 aromatic carbocycles. The van der Waals surface area contributed by atoms with Crippen molar-refractivity contribution in [2.75, 3.05) is 0 Å². The third-order valence-corrected chi connectivity index (χ3v) is 4.30. The molecule has 116 valence electrons. The molecule has 0 aliphatic heterocycles. The van der Waals surface area contributed by atoms with Gasteiger partial charge in [0.25, 0.3) is 0 Å². The van der Waals surface area contributed by atoms with Gasteiger partial charge in [-0.25, -0.2) is 0 Å². The Balaban J connectivity index is 5.52. The van der Waals surface area contributed by atoms with E-state index in [9.17, 15) is 39.5 Å². The molecule has 3 atom stereocenters. The highest BCUT2D eigenvalue weighted by atomic mass is 31.1. The second-order valence-corrected chi connectivity index (χ2v) is 5.55. The summed E-state index contributed by atoms with van der Waals surface area (Å²) in [4.78, 5) is 0. The number of aliphatic hydroxyl groups is 3. The topological polar surface area (TPSA) is 60.7 Å². The highest BCUT2D eigenvalue weighted by Crippen LogP contribution is 2.60. The molecule has 0 spiro atoms. The average Bonchev–Trinajstić information content (AvgIpc) is 2.13. The van der Waals surface area contributed by atoms with Gasteiger partial charge in [0.15, 0.2) is 17.5 Å². The largest absolute Gasteiger partial charge is 0.418 e. The summed E-state index contributed by atoms with van der Waals surface area (Å²) in [5, 5.41) is 25.5. The quantitative estimate of drug-likeness (QED) is 0.549. The highest BCUT2D eigenvalue weighted by Gasteiger charge is 2.60. The van der Waals surface area contributed by atoms with Gasteiger partial charge in [-0.2, -0.15) is 39.5 Å². The van der Waals surface area contributed by atoms with Gasteiger partial charge in [0.05, 0.1) is 0 Å². The highest BCUT2D eigenvalue weighted by molar-refractivity contribution is 7.59. The summed E-state index contributed by atoms with van der Waals surface area (Å²) in [7, 11) is -4.72. The number of hydrogen-bond donors (Lipinski definition) is 3. The molecule has 0 radical (unpaired) electrons. The zero-order valence-corrected chi connectivity index (χ0v) is 9.32. The first-order valence-corrected chi connectivity index (χ1v) is 5.67. The van der Waals surface area contributed by atoms with E-state index in [0.29, 0.717) is 0 Å². The van der Waals surface area contributed by atoms with Crippen molar-refractivity contribution in [2.45, 2.75) is 36.1 Å². The molecule has 0 fully saturated rings. The Morgan fingerprint density at radius 3 is 0.789 bits per heavy atom. The van der Waals surface area contributed by atoms with Crippen molar-refractivity contribution < 1.29 is 54.8 Å². The second kappa shape index (κ2) is 5.58. The van der Waals surface area contributed by atoms with E-state index >= 15 is 0 Å². The Morgan fingerprint density at radius 1 is 0.526 bits per heavy atom. The molecular formula is C6H6F9O3P. The zero-order valence-electron chi connectivity index (χ0n) is 8.42. The average molecular weight is 328 g/mol. The second-order valence-electron chi connectivity index (χ2n) is 3.19. The lowest BCUT2D eigenvalue weighted by molar-refractivity contribution is -0.202. The monoisotopic (exact) mass is 328 g/mol. The van der Waals surface area contributed by atoms with Crippen LogP contribution >= 0.6 is 7.92 Å². The van der Waals surface area contributed by atoms with Crippen LogP contribution in [0.5, 0.6) is 0 Å². The van der Waals surface area contributed by atoms with Gasteiger partial charge in [0.2, 0.25) is 0 Å². The smallest absolute Gasteiger partial charge is 0.379 e. The fraction of sp³-hybridized carbons (Fsp3) is 1.00. The molecule has 19 heavy (non-hydrogen) atoms. The van der Waals surface area contributed by atoms with Crippen molar-refractivity contribution in [3.8, 4) is 0 Å². The van der Waals surface area contributed by atoms with E-state index in [4.69, 9.17) is 15.3 Å². The van der Waals surface area contributed by atoms with Crippen molar-refractivity contribution in [1.29, 1.82) is 0 Å². The van der Waals surface area contributed by atoms with Crippen LogP contribution in [0.4, 0.5) is 39.5 Å². The molecule has 0 aromatic rings. The molecule has 0 saturated carbocycles. The lowest BCUT2D eigenvalue weighted by Gasteiger charge is -2.34. The maximum absolute atomic E-state index is 12.0. The lowest BCUT2D eigenvalue weighted by atomic mass is 10.7. The minimum atomic E-state index is -5.86. The Hall–Kier alpha value is -0.320. The molecule has 3 N–H and O–H groups in total. The Labute approximate surface area is 99.9 Å². The Bertz CT molecular complexity index is 250. The molecular weight excluding hydrogens is 322 g/mol. The van der Waals surface area contributed by atoms with Crippen LogP contribution in [0.3, 0.4) is 0 Å². The van der Waals surface area contributed by atoms with Crippen molar-refractivity contribution in [3.63, 3.8) is 0 Å². The van der Waals surface area contributed by atoms with Crippen LogP contribution in [0.25, 0.3) is 0 Å². The van der Waals surface area contributed by atoms with E-state index in [0.717, 1.165) is 0 Å². The van der Waals surface area contributed by atoms with Gasteiger partial charge in [0, 0.05) is 7.92 Å². The van der Waals surface area contributed by atoms with Crippen LogP contribution in [0.15, 0.2) is 0 Å². The summed E-state index contributed by atoms with van der Waals surface area (Å²) in [6, 6.07) is 0. The summed E-state index contributed by atoms with van der Waals surface area (Å²) in [5.41, 5.74) is 0. The molecule has 3 nitrogen and oxygen atoms in total. The molecule has 13 heteroatoms. The standard InChI is InChI=1S/C6H6F9O3P/c7-4(8,9)1(16)19(2(17)5(10,11)12)3(18)6(13,14)15/h1-3,16-18H. The minimum absolute atomic E-state index is 4.14. The fourth-order valence-corrected chi connectivity index (χ4v) is 2.73. The first-order chi connectivity index (χ1) is 8.10. The first kappa shape index (κ1) is 18.7. The summed E-state index contributed by atoms with van der Waals surface area (Å²) in [5.74, 6) is -12.4. The number of aliphatic hydroxyl groups excluding tert-OH is 3. The van der Waals surface area contributed by atoms with Crippen molar-refractivity contribution in [2.24, 2.45) is 0 Å². The van der Waals surface area contributed by atoms with Gasteiger partial charge in [-0.05, 0) is 0 Å². The summed E-state index contributed by atoms with van der Waals surface area (Å²) < 4.78 is 108. The minimum Gasteiger partial charge on any atom is -0.379 e. The third-order valence-electron chi connectivity index (χ3n) is 1.73. The van der Waals surface area contributed by atoms with Crippen LogP contribution in [0, 0.1) is 0 Å². The summed E-state index contributed by atoms with van der Waals surface area (Å²) in [6.45, 7) is 0. The van der Waals surface area contributed by atoms with E-state index in [-0.39, 0.29) is 0 Å². The van der Waals surface area contributed by atoms with E-state index in [1.165, 1.54) is 0 Å². The molecule has 0 bridgehead atoms. The molecule has 0 aliphatic rings. The SMILES string of the molecule is OC(P(C(O)C(F)(F)F)C(O)C(F)(F)F)C(F)(F)F. The van der Waals surface area contributed by atoms with Crippen molar-refractivity contribution in [1.82, 2.24) is 0 Å². The van der Waals surface area contributed by atoms with E-state index < -0.39 is 44.0 Å². The predicted octanol–water partition coefficient (Wildman–Crippen LogP) is 2.11. The van der Waals surface area contributed by atoms with E-state index in [1.54, 1.807) is 0 Å². The maximum Gasteiger partial charge on any atom is 0.418 e. The first-order valence-electron chi connectivity index (χ1n) is 4.12. The van der Waals surface area contributed by atoms with Gasteiger partial charge in [-0.3, -0.25) is 0 Å². The summed E-state index contributed by atoms with van der Waals surface area (Å²) >= 11 is 0. The van der Waals surface area contributed by atoms with Crippen molar-refractivity contribution in [3.05, 3.63) is 0 Å². The molecule has 0 aromatic heterocycles. The van der Waals surface area contributed by atoms with E-state index in [2.05, 4.69) is 0 Å². The molecule has 0 rings (SSSR count). The van der Waals surface area contributed by atoms with Gasteiger partial charge < -0.3 is 15.3 Å². The normalized spacial score (nSPS) is 20.8. The maximum atomic E-state index is 12.0. The Kier molecular flexibility index (Phi) is 5.49. The van der Waals surface area contributed by atoms with Crippen LogP contribution in [0.1, 0.15) is 0 Å². The number of rotatable bonds is 3. The molecule has 3 unspecified atom stereocenters. The number of alkyl halides is 9. The van der Waals surface area contributed by atoms with Crippen LogP contribution in [0.2, 0.25) is 0 Å². The van der Waals surface area contributed by atoms with Crippen LogP contribution in [-0.4, -0.2) is 51.4 Å². The molecule has 0 aliphatic carbocycles. The van der Waals surface area contributed by atoms with Crippen molar-refractivity contribution >= 4 is 7.92 Å². The van der Waals surface area contributed by atoms with Crippen LogP contribution in [-0.2, 0) is 0 Å². The molecule has 0 amide bonds. The number of halogens is 9. The van der Waals surface area contributed by atoms with Gasteiger partial charge in [-0.15, -0.1) is 0 Å².